The average molecular weight is 469 g/mol. The summed E-state index contributed by atoms with van der Waals surface area (Å²) in [5.74, 6) is 0.815. The van der Waals surface area contributed by atoms with Gasteiger partial charge in [0.05, 0.1) is 23.6 Å². The number of likely N-dealkylation sites (N-methyl/N-ethyl adjacent to an activating group) is 1. The molecular formula is C28H42N3O3+. The number of hydrogen-bond donors (Lipinski definition) is 3. The summed E-state index contributed by atoms with van der Waals surface area (Å²) in [4.78, 5) is 4.86. The van der Waals surface area contributed by atoms with Crippen LogP contribution in [0.1, 0.15) is 51.0 Å². The van der Waals surface area contributed by atoms with Gasteiger partial charge in [0.2, 0.25) is 0 Å². The van der Waals surface area contributed by atoms with Crippen LogP contribution in [0.5, 0.6) is 0 Å². The van der Waals surface area contributed by atoms with E-state index in [1.165, 1.54) is 30.5 Å². The predicted octanol–water partition coefficient (Wildman–Crippen LogP) is 1.92. The van der Waals surface area contributed by atoms with Crippen LogP contribution >= 0.6 is 0 Å². The van der Waals surface area contributed by atoms with Crippen molar-refractivity contribution >= 4 is 5.69 Å². The topological polar surface area (TPSA) is 67.2 Å². The van der Waals surface area contributed by atoms with Gasteiger partial charge in [-0.1, -0.05) is 31.5 Å². The lowest BCUT2D eigenvalue weighted by Gasteiger charge is -2.68. The van der Waals surface area contributed by atoms with Gasteiger partial charge in [-0.3, -0.25) is 4.48 Å². The van der Waals surface area contributed by atoms with Gasteiger partial charge in [-0.05, 0) is 49.9 Å². The van der Waals surface area contributed by atoms with Crippen molar-refractivity contribution in [2.75, 3.05) is 38.1 Å². The van der Waals surface area contributed by atoms with Crippen molar-refractivity contribution in [2.45, 2.75) is 87.4 Å². The summed E-state index contributed by atoms with van der Waals surface area (Å²) in [6.07, 6.45) is 5.44. The van der Waals surface area contributed by atoms with Crippen LogP contribution in [0.4, 0.5) is 5.69 Å². The summed E-state index contributed by atoms with van der Waals surface area (Å²) in [6.45, 7) is 5.70. The lowest BCUT2D eigenvalue weighted by Crippen LogP contribution is -2.84. The lowest BCUT2D eigenvalue weighted by molar-refractivity contribution is -1.04. The molecule has 5 saturated heterocycles. The number of nitrogens with zero attached hydrogens (tertiary/aromatic N) is 3. The molecule has 6 nitrogen and oxygen atoms in total. The molecule has 3 N–H and O–H groups in total. The van der Waals surface area contributed by atoms with Gasteiger partial charge in [0.15, 0.2) is 6.23 Å². The number of aliphatic hydroxyl groups is 3. The van der Waals surface area contributed by atoms with Crippen molar-refractivity contribution in [3.63, 3.8) is 0 Å². The van der Waals surface area contributed by atoms with Crippen molar-refractivity contribution in [3.8, 4) is 0 Å². The minimum atomic E-state index is -0.442. The zero-order valence-electron chi connectivity index (χ0n) is 20.8. The Bertz CT molecular complexity index is 968. The van der Waals surface area contributed by atoms with E-state index >= 15 is 0 Å². The van der Waals surface area contributed by atoms with Crippen LogP contribution in [0.25, 0.3) is 0 Å². The van der Waals surface area contributed by atoms with Crippen LogP contribution in [0, 0.1) is 17.8 Å². The fourth-order valence-corrected chi connectivity index (χ4v) is 10.6. The third kappa shape index (κ3) is 2.45. The molecule has 1 aromatic rings. The van der Waals surface area contributed by atoms with Crippen LogP contribution in [0.3, 0.4) is 0 Å². The van der Waals surface area contributed by atoms with Gasteiger partial charge in [-0.2, -0.15) is 0 Å². The van der Waals surface area contributed by atoms with Crippen LogP contribution in [-0.4, -0.2) is 94.5 Å². The molecule has 11 atom stereocenters. The van der Waals surface area contributed by atoms with Gasteiger partial charge in [0, 0.05) is 44.0 Å². The number of anilines is 1. The van der Waals surface area contributed by atoms with Crippen LogP contribution in [-0.2, 0) is 5.41 Å². The number of quaternary nitrogens is 1. The SMILES string of the molecule is CCC1C2CC3C4N(C)c5ccccc5C45CC(C2C5O)[N+]3(CC(O)CN2CCCCC2)C1O. The Morgan fingerprint density at radius 1 is 1.12 bits per heavy atom. The van der Waals surface area contributed by atoms with E-state index in [4.69, 9.17) is 0 Å². The molecule has 6 heterocycles. The van der Waals surface area contributed by atoms with Crippen molar-refractivity contribution in [1.82, 2.24) is 4.90 Å². The highest BCUT2D eigenvalue weighted by molar-refractivity contribution is 5.66. The average Bonchev–Trinajstić information content (AvgIpc) is 3.23. The van der Waals surface area contributed by atoms with E-state index in [1.54, 1.807) is 0 Å². The van der Waals surface area contributed by atoms with E-state index in [-0.39, 0.29) is 41.5 Å². The minimum Gasteiger partial charge on any atom is -0.392 e. The quantitative estimate of drug-likeness (QED) is 0.576. The molecule has 6 fully saturated rings. The van der Waals surface area contributed by atoms with Crippen molar-refractivity contribution in [2.24, 2.45) is 17.8 Å². The minimum absolute atomic E-state index is 0.181. The number of piperidine rings is 5. The third-order valence-electron chi connectivity index (χ3n) is 11.6. The van der Waals surface area contributed by atoms with Crippen LogP contribution < -0.4 is 4.90 Å². The van der Waals surface area contributed by atoms with E-state index < -0.39 is 12.3 Å². The Hall–Kier alpha value is -1.18. The van der Waals surface area contributed by atoms with E-state index in [0.717, 1.165) is 32.4 Å². The summed E-state index contributed by atoms with van der Waals surface area (Å²) in [6, 6.07) is 9.38. The summed E-state index contributed by atoms with van der Waals surface area (Å²) in [5, 5.41) is 35.7. The number of fused-ring (bicyclic) bond motifs is 2. The van der Waals surface area contributed by atoms with Gasteiger partial charge in [0.1, 0.15) is 18.7 Å². The number of β-amino-alcohol motifs (C(OH)–C–C–N with tert-alkyl or cyclic N) is 1. The highest BCUT2D eigenvalue weighted by Crippen LogP contribution is 2.71. The second-order valence-electron chi connectivity index (χ2n) is 12.6. The fraction of sp³-hybridized carbons (Fsp3) is 0.786. The molecule has 0 aromatic heterocycles. The monoisotopic (exact) mass is 468 g/mol. The number of benzene rings is 1. The summed E-state index contributed by atoms with van der Waals surface area (Å²) < 4.78 is 0.622. The molecule has 6 heteroatoms. The maximum Gasteiger partial charge on any atom is 0.194 e. The molecule has 1 saturated carbocycles. The Morgan fingerprint density at radius 2 is 1.88 bits per heavy atom. The first-order valence-corrected chi connectivity index (χ1v) is 13.9. The molecule has 6 aliphatic heterocycles. The number of likely N-dealkylation sites (tertiary alicyclic amines) is 1. The molecule has 186 valence electrons. The number of aliphatic hydroxyl groups excluding tert-OH is 3. The first-order chi connectivity index (χ1) is 16.4. The molecule has 1 spiro atoms. The standard InChI is InChI=1S/C28H42N3O3/c1-3-18-19-13-22-25-28(20-9-5-6-10-21(20)29(25)2)14-23(24(19)26(28)33)31(22,27(18)34)16-17(32)15-30-11-7-4-8-12-30/h5-6,9-10,17-19,22-27,32-34H,3-4,7-8,11-16H2,1-2H3/q+1. The Morgan fingerprint density at radius 3 is 2.65 bits per heavy atom. The van der Waals surface area contributed by atoms with Crippen LogP contribution in [0.2, 0.25) is 0 Å². The van der Waals surface area contributed by atoms with Gasteiger partial charge < -0.3 is 25.1 Å². The Kier molecular flexibility index (Phi) is 4.81. The fourth-order valence-electron chi connectivity index (χ4n) is 10.6. The summed E-state index contributed by atoms with van der Waals surface area (Å²) in [7, 11) is 2.20. The highest BCUT2D eigenvalue weighted by Gasteiger charge is 2.83. The van der Waals surface area contributed by atoms with E-state index in [1.807, 2.05) is 0 Å². The van der Waals surface area contributed by atoms with Gasteiger partial charge in [-0.15, -0.1) is 0 Å². The second-order valence-corrected chi connectivity index (χ2v) is 12.6. The molecule has 11 unspecified atom stereocenters. The summed E-state index contributed by atoms with van der Waals surface area (Å²) in [5.41, 5.74) is 2.34. The molecule has 5 bridgehead atoms. The summed E-state index contributed by atoms with van der Waals surface area (Å²) >= 11 is 0. The van der Waals surface area contributed by atoms with E-state index in [9.17, 15) is 15.3 Å². The molecule has 0 radical (unpaired) electrons. The smallest absolute Gasteiger partial charge is 0.194 e. The van der Waals surface area contributed by atoms with Crippen LogP contribution in [0.15, 0.2) is 24.3 Å². The van der Waals surface area contributed by atoms with Crippen molar-refractivity contribution < 1.29 is 19.8 Å². The maximum absolute atomic E-state index is 12.2. The van der Waals surface area contributed by atoms with Crippen molar-refractivity contribution in [1.29, 1.82) is 0 Å². The molecule has 8 rings (SSSR count). The molecule has 34 heavy (non-hydrogen) atoms. The molecule has 1 aromatic carbocycles. The predicted molar refractivity (Wildman–Crippen MR) is 131 cm³/mol. The van der Waals surface area contributed by atoms with Crippen molar-refractivity contribution in [3.05, 3.63) is 29.8 Å². The molecule has 0 amide bonds. The normalized spacial score (nSPS) is 49.4. The first kappa shape index (κ1) is 22.1. The molecule has 7 aliphatic rings. The largest absolute Gasteiger partial charge is 0.392 e. The van der Waals surface area contributed by atoms with Gasteiger partial charge >= 0.3 is 0 Å². The second kappa shape index (κ2) is 7.42. The molecule has 1 aliphatic carbocycles. The Balaban J connectivity index is 1.32. The first-order valence-electron chi connectivity index (χ1n) is 13.9. The number of hydrogen-bond acceptors (Lipinski definition) is 5. The zero-order valence-corrected chi connectivity index (χ0v) is 20.8. The highest BCUT2D eigenvalue weighted by atomic mass is 16.3. The lowest BCUT2D eigenvalue weighted by atomic mass is 9.60. The Labute approximate surface area is 203 Å². The third-order valence-corrected chi connectivity index (χ3v) is 11.6. The van der Waals surface area contributed by atoms with Gasteiger partial charge in [-0.25, -0.2) is 0 Å². The van der Waals surface area contributed by atoms with Gasteiger partial charge in [0.25, 0.3) is 0 Å². The number of para-hydroxylation sites is 1. The maximum atomic E-state index is 12.2. The molecular weight excluding hydrogens is 426 g/mol. The van der Waals surface area contributed by atoms with E-state index in [2.05, 4.69) is 48.0 Å². The van der Waals surface area contributed by atoms with E-state index in [0.29, 0.717) is 23.5 Å². The number of rotatable bonds is 5. The zero-order chi connectivity index (χ0) is 23.4.